The van der Waals surface area contributed by atoms with Gasteiger partial charge in [-0.05, 0) is 36.3 Å². The number of carbonyl (C=O) groups is 1. The third kappa shape index (κ3) is 3.68. The standard InChI is InChI=1S/C21H19NO3S/c1-14-7-4-5-10-17(14)18(23)13-20-22(2)21(24)19(26-20)12-15-8-6-9-16(11-15)25-3/h4-13H,1-3H3. The predicted octanol–water partition coefficient (Wildman–Crippen LogP) is 2.26. The molecule has 0 unspecified atom stereocenters. The molecule has 0 aliphatic carbocycles. The molecule has 0 saturated carbocycles. The van der Waals surface area contributed by atoms with E-state index in [1.807, 2.05) is 55.5 Å². The Labute approximate surface area is 155 Å². The quantitative estimate of drug-likeness (QED) is 0.667. The van der Waals surface area contributed by atoms with Crippen molar-refractivity contribution in [3.8, 4) is 5.75 Å². The molecule has 3 rings (SSSR count). The van der Waals surface area contributed by atoms with Crippen LogP contribution in [0.4, 0.5) is 0 Å². The number of aromatic nitrogens is 1. The number of aryl methyl sites for hydroxylation is 1. The maximum atomic E-state index is 12.6. The molecule has 1 aromatic heterocycles. The average molecular weight is 365 g/mol. The first-order chi connectivity index (χ1) is 12.5. The first kappa shape index (κ1) is 17.9. The minimum atomic E-state index is -0.123. The smallest absolute Gasteiger partial charge is 0.268 e. The molecule has 0 atom stereocenters. The molecule has 0 spiro atoms. The van der Waals surface area contributed by atoms with Gasteiger partial charge in [0.25, 0.3) is 5.56 Å². The van der Waals surface area contributed by atoms with Crippen molar-refractivity contribution < 1.29 is 9.53 Å². The largest absolute Gasteiger partial charge is 0.497 e. The van der Waals surface area contributed by atoms with Gasteiger partial charge in [-0.3, -0.25) is 9.59 Å². The van der Waals surface area contributed by atoms with Crippen molar-refractivity contribution in [1.82, 2.24) is 4.57 Å². The second-order valence-corrected chi connectivity index (χ2v) is 6.98. The van der Waals surface area contributed by atoms with Crippen LogP contribution in [-0.4, -0.2) is 17.5 Å². The number of thiazole rings is 1. The number of ether oxygens (including phenoxy) is 1. The Morgan fingerprint density at radius 2 is 1.92 bits per heavy atom. The van der Waals surface area contributed by atoms with Crippen LogP contribution in [0.1, 0.15) is 21.5 Å². The zero-order valence-corrected chi connectivity index (χ0v) is 15.7. The molecule has 132 valence electrons. The Hall–Kier alpha value is -2.92. The lowest BCUT2D eigenvalue weighted by Gasteiger charge is -1.99. The van der Waals surface area contributed by atoms with E-state index in [0.29, 0.717) is 14.8 Å². The maximum absolute atomic E-state index is 12.6. The van der Waals surface area contributed by atoms with Gasteiger partial charge in [0.2, 0.25) is 0 Å². The van der Waals surface area contributed by atoms with Gasteiger partial charge >= 0.3 is 0 Å². The molecular formula is C21H19NO3S. The number of rotatable bonds is 4. The van der Waals surface area contributed by atoms with Crippen molar-refractivity contribution >= 4 is 29.3 Å². The number of hydrogen-bond donors (Lipinski definition) is 0. The van der Waals surface area contributed by atoms with Gasteiger partial charge in [0.15, 0.2) is 5.78 Å². The van der Waals surface area contributed by atoms with Crippen LogP contribution in [0.3, 0.4) is 0 Å². The van der Waals surface area contributed by atoms with Gasteiger partial charge in [-0.2, -0.15) is 0 Å². The summed E-state index contributed by atoms with van der Waals surface area (Å²) in [5.41, 5.74) is 2.31. The van der Waals surface area contributed by atoms with Crippen LogP contribution in [-0.2, 0) is 7.05 Å². The van der Waals surface area contributed by atoms with Crippen molar-refractivity contribution in [2.75, 3.05) is 7.11 Å². The van der Waals surface area contributed by atoms with Crippen LogP contribution in [0, 0.1) is 6.92 Å². The molecule has 0 fully saturated rings. The van der Waals surface area contributed by atoms with E-state index < -0.39 is 0 Å². The van der Waals surface area contributed by atoms with E-state index >= 15 is 0 Å². The molecule has 0 aliphatic rings. The van der Waals surface area contributed by atoms with E-state index in [9.17, 15) is 9.59 Å². The van der Waals surface area contributed by atoms with Crippen molar-refractivity contribution in [1.29, 1.82) is 0 Å². The van der Waals surface area contributed by atoms with Gasteiger partial charge in [-0.15, -0.1) is 11.3 Å². The minimum Gasteiger partial charge on any atom is -0.497 e. The van der Waals surface area contributed by atoms with Crippen molar-refractivity contribution in [2.24, 2.45) is 7.05 Å². The van der Waals surface area contributed by atoms with Crippen LogP contribution in [0.5, 0.6) is 5.75 Å². The number of carbonyl (C=O) groups excluding carboxylic acids is 1. The molecule has 0 bridgehead atoms. The highest BCUT2D eigenvalue weighted by Crippen LogP contribution is 2.12. The summed E-state index contributed by atoms with van der Waals surface area (Å²) in [5.74, 6) is 0.626. The van der Waals surface area contributed by atoms with Crippen LogP contribution in [0.2, 0.25) is 0 Å². The van der Waals surface area contributed by atoms with Gasteiger partial charge in [-0.1, -0.05) is 36.4 Å². The second kappa shape index (κ2) is 7.54. The molecule has 1 heterocycles. The number of benzene rings is 2. The van der Waals surface area contributed by atoms with E-state index in [2.05, 4.69) is 0 Å². The Bertz CT molecular complexity index is 1140. The van der Waals surface area contributed by atoms with Gasteiger partial charge in [-0.25, -0.2) is 0 Å². The average Bonchev–Trinajstić information content (AvgIpc) is 2.90. The summed E-state index contributed by atoms with van der Waals surface area (Å²) < 4.78 is 7.92. The Kier molecular flexibility index (Phi) is 5.19. The summed E-state index contributed by atoms with van der Waals surface area (Å²) in [6.45, 7) is 1.90. The molecule has 4 nitrogen and oxygen atoms in total. The summed E-state index contributed by atoms with van der Waals surface area (Å²) >= 11 is 1.30. The zero-order valence-electron chi connectivity index (χ0n) is 14.9. The van der Waals surface area contributed by atoms with Crippen molar-refractivity contribution in [3.63, 3.8) is 0 Å². The number of methoxy groups -OCH3 is 1. The zero-order chi connectivity index (χ0) is 18.7. The molecule has 5 heteroatoms. The number of nitrogens with zero attached hydrogens (tertiary/aromatic N) is 1. The summed E-state index contributed by atoms with van der Waals surface area (Å²) in [5, 5.41) is 0. The second-order valence-electron chi connectivity index (χ2n) is 5.91. The van der Waals surface area contributed by atoms with E-state index in [1.54, 1.807) is 20.2 Å². The lowest BCUT2D eigenvalue weighted by Crippen LogP contribution is -2.29. The molecule has 2 aromatic carbocycles. The lowest BCUT2D eigenvalue weighted by molar-refractivity contribution is 0.106. The summed E-state index contributed by atoms with van der Waals surface area (Å²) in [6, 6.07) is 14.9. The predicted molar refractivity (Wildman–Crippen MR) is 105 cm³/mol. The monoisotopic (exact) mass is 365 g/mol. The Morgan fingerprint density at radius 3 is 2.65 bits per heavy atom. The Balaban J connectivity index is 2.07. The van der Waals surface area contributed by atoms with E-state index in [0.717, 1.165) is 16.9 Å². The van der Waals surface area contributed by atoms with Crippen LogP contribution >= 0.6 is 11.3 Å². The Morgan fingerprint density at radius 1 is 1.15 bits per heavy atom. The van der Waals surface area contributed by atoms with Crippen molar-refractivity contribution in [2.45, 2.75) is 6.92 Å². The maximum Gasteiger partial charge on any atom is 0.268 e. The van der Waals surface area contributed by atoms with Gasteiger partial charge in [0.05, 0.1) is 11.6 Å². The number of ketones is 1. The highest BCUT2D eigenvalue weighted by molar-refractivity contribution is 7.07. The molecule has 26 heavy (non-hydrogen) atoms. The van der Waals surface area contributed by atoms with Crippen molar-refractivity contribution in [3.05, 3.63) is 84.8 Å². The van der Waals surface area contributed by atoms with Gasteiger partial charge in [0.1, 0.15) is 10.4 Å². The topological polar surface area (TPSA) is 48.3 Å². The molecule has 0 aliphatic heterocycles. The third-order valence-corrected chi connectivity index (χ3v) is 5.23. The number of hydrogen-bond acceptors (Lipinski definition) is 4. The van der Waals surface area contributed by atoms with Crippen LogP contribution in [0.25, 0.3) is 12.2 Å². The van der Waals surface area contributed by atoms with E-state index in [-0.39, 0.29) is 11.3 Å². The van der Waals surface area contributed by atoms with E-state index in [4.69, 9.17) is 4.74 Å². The summed E-state index contributed by atoms with van der Waals surface area (Å²) in [4.78, 5) is 25.1. The summed E-state index contributed by atoms with van der Waals surface area (Å²) in [7, 11) is 3.28. The minimum absolute atomic E-state index is 0.104. The van der Waals surface area contributed by atoms with Gasteiger partial charge in [0, 0.05) is 18.7 Å². The first-order valence-corrected chi connectivity index (χ1v) is 8.94. The molecule has 0 saturated heterocycles. The van der Waals surface area contributed by atoms with Crippen LogP contribution in [0.15, 0.2) is 53.3 Å². The fraction of sp³-hybridized carbons (Fsp3) is 0.143. The third-order valence-electron chi connectivity index (χ3n) is 4.12. The fourth-order valence-electron chi connectivity index (χ4n) is 2.63. The first-order valence-electron chi connectivity index (χ1n) is 8.13. The molecule has 0 radical (unpaired) electrons. The normalized spacial score (nSPS) is 12.4. The lowest BCUT2D eigenvalue weighted by atomic mass is 10.1. The van der Waals surface area contributed by atoms with Gasteiger partial charge < -0.3 is 9.30 Å². The van der Waals surface area contributed by atoms with E-state index in [1.165, 1.54) is 22.0 Å². The molecule has 0 N–H and O–H groups in total. The summed E-state index contributed by atoms with van der Waals surface area (Å²) in [6.07, 6.45) is 3.34. The highest BCUT2D eigenvalue weighted by Gasteiger charge is 2.07. The molecule has 0 amide bonds. The fourth-order valence-corrected chi connectivity index (χ4v) is 3.66. The molecule has 3 aromatic rings. The number of Topliss-reactive ketones (excluding diaryl/α,β-unsaturated/α-hetero) is 1. The SMILES string of the molecule is COc1cccc(C=c2sc(=CC(=O)c3ccccc3C)n(C)c2=O)c1. The highest BCUT2D eigenvalue weighted by atomic mass is 32.1. The molecular weight excluding hydrogens is 346 g/mol. The van der Waals surface area contributed by atoms with Crippen LogP contribution < -0.4 is 19.5 Å².